The van der Waals surface area contributed by atoms with Crippen LogP contribution < -0.4 is 5.32 Å². The number of hydrogen-bond acceptors (Lipinski definition) is 3. The maximum Gasteiger partial charge on any atom is 0.254 e. The molecule has 0 saturated heterocycles. The second-order valence-electron chi connectivity index (χ2n) is 4.60. The molecular formula is C13H18FNO3. The normalized spacial score (nSPS) is 14.1. The van der Waals surface area contributed by atoms with Gasteiger partial charge in [0.1, 0.15) is 11.4 Å². The highest BCUT2D eigenvalue weighted by atomic mass is 19.1. The molecule has 0 radical (unpaired) electrons. The lowest BCUT2D eigenvalue weighted by molar-refractivity contribution is -0.0147. The largest absolute Gasteiger partial charge is 0.386 e. The van der Waals surface area contributed by atoms with Gasteiger partial charge in [-0.15, -0.1) is 0 Å². The maximum atomic E-state index is 13.5. The van der Waals surface area contributed by atoms with Crippen molar-refractivity contribution >= 4 is 5.91 Å². The number of amides is 1. The number of halogens is 1. The van der Waals surface area contributed by atoms with Crippen molar-refractivity contribution < 1.29 is 19.0 Å². The first-order valence-corrected chi connectivity index (χ1v) is 5.61. The van der Waals surface area contributed by atoms with Gasteiger partial charge in [0, 0.05) is 13.7 Å². The van der Waals surface area contributed by atoms with Gasteiger partial charge in [-0.25, -0.2) is 4.39 Å². The van der Waals surface area contributed by atoms with Gasteiger partial charge >= 0.3 is 0 Å². The van der Waals surface area contributed by atoms with E-state index in [-0.39, 0.29) is 18.7 Å². The van der Waals surface area contributed by atoms with E-state index in [1.54, 1.807) is 13.0 Å². The number of aryl methyl sites for hydroxylation is 1. The van der Waals surface area contributed by atoms with E-state index in [0.717, 1.165) is 5.56 Å². The molecule has 1 amide bonds. The van der Waals surface area contributed by atoms with Crippen LogP contribution in [0.1, 0.15) is 22.8 Å². The smallest absolute Gasteiger partial charge is 0.254 e. The second kappa shape index (κ2) is 5.93. The number of hydrogen-bond donors (Lipinski definition) is 2. The van der Waals surface area contributed by atoms with Gasteiger partial charge < -0.3 is 15.2 Å². The predicted molar refractivity (Wildman–Crippen MR) is 66.0 cm³/mol. The summed E-state index contributed by atoms with van der Waals surface area (Å²) in [5, 5.41) is 12.3. The lowest BCUT2D eigenvalue weighted by atomic mass is 10.1. The molecule has 100 valence electrons. The van der Waals surface area contributed by atoms with Crippen LogP contribution in [-0.2, 0) is 4.74 Å². The molecule has 2 N–H and O–H groups in total. The standard InChI is InChI=1S/C13H18FNO3/c1-9-4-5-10(11(14)6-9)12(16)15-7-13(2,17)8-18-3/h4-6,17H,7-8H2,1-3H3,(H,15,16). The lowest BCUT2D eigenvalue weighted by Gasteiger charge is -2.22. The topological polar surface area (TPSA) is 58.6 Å². The number of rotatable bonds is 5. The molecule has 0 bridgehead atoms. The molecule has 1 aromatic rings. The van der Waals surface area contributed by atoms with Crippen molar-refractivity contribution in [2.75, 3.05) is 20.3 Å². The van der Waals surface area contributed by atoms with Crippen LogP contribution in [-0.4, -0.2) is 36.9 Å². The summed E-state index contributed by atoms with van der Waals surface area (Å²) in [5.41, 5.74) is -0.463. The number of methoxy groups -OCH3 is 1. The minimum Gasteiger partial charge on any atom is -0.386 e. The molecule has 0 aliphatic heterocycles. The summed E-state index contributed by atoms with van der Waals surface area (Å²) in [4.78, 5) is 11.7. The number of carbonyl (C=O) groups is 1. The van der Waals surface area contributed by atoms with E-state index in [4.69, 9.17) is 4.74 Å². The van der Waals surface area contributed by atoms with E-state index in [1.807, 2.05) is 0 Å². The Balaban J connectivity index is 2.66. The quantitative estimate of drug-likeness (QED) is 0.832. The van der Waals surface area contributed by atoms with Crippen molar-refractivity contribution in [3.05, 3.63) is 35.1 Å². The fourth-order valence-corrected chi connectivity index (χ4v) is 1.53. The van der Waals surface area contributed by atoms with Crippen molar-refractivity contribution in [2.24, 2.45) is 0 Å². The van der Waals surface area contributed by atoms with Gasteiger partial charge in [-0.3, -0.25) is 4.79 Å². The highest BCUT2D eigenvalue weighted by Crippen LogP contribution is 2.10. The zero-order valence-electron chi connectivity index (χ0n) is 10.8. The third-order valence-electron chi connectivity index (χ3n) is 2.45. The summed E-state index contributed by atoms with van der Waals surface area (Å²) >= 11 is 0. The Bertz CT molecular complexity index is 432. The van der Waals surface area contributed by atoms with Gasteiger partial charge in [0.2, 0.25) is 0 Å². The van der Waals surface area contributed by atoms with Crippen LogP contribution in [0, 0.1) is 12.7 Å². The third kappa shape index (κ3) is 4.09. The van der Waals surface area contributed by atoms with E-state index in [0.29, 0.717) is 0 Å². The highest BCUT2D eigenvalue weighted by molar-refractivity contribution is 5.94. The van der Waals surface area contributed by atoms with Gasteiger partial charge in [0.05, 0.1) is 12.2 Å². The molecule has 18 heavy (non-hydrogen) atoms. The number of aliphatic hydroxyl groups is 1. The molecule has 1 unspecified atom stereocenters. The molecular weight excluding hydrogens is 237 g/mol. The highest BCUT2D eigenvalue weighted by Gasteiger charge is 2.22. The van der Waals surface area contributed by atoms with Gasteiger partial charge in [0.15, 0.2) is 0 Å². The van der Waals surface area contributed by atoms with Crippen molar-refractivity contribution in [2.45, 2.75) is 19.4 Å². The minimum atomic E-state index is -1.18. The molecule has 0 aromatic heterocycles. The molecule has 1 rings (SSSR count). The van der Waals surface area contributed by atoms with Crippen molar-refractivity contribution in [1.82, 2.24) is 5.32 Å². The predicted octanol–water partition coefficient (Wildman–Crippen LogP) is 1.26. The Morgan fingerprint density at radius 2 is 2.22 bits per heavy atom. The molecule has 0 heterocycles. The van der Waals surface area contributed by atoms with E-state index in [1.165, 1.54) is 26.2 Å². The van der Waals surface area contributed by atoms with Crippen LogP contribution in [0.5, 0.6) is 0 Å². The van der Waals surface area contributed by atoms with Gasteiger partial charge in [-0.2, -0.15) is 0 Å². The average molecular weight is 255 g/mol. The Hall–Kier alpha value is -1.46. The first-order valence-electron chi connectivity index (χ1n) is 5.61. The fourth-order valence-electron chi connectivity index (χ4n) is 1.53. The van der Waals surface area contributed by atoms with Crippen molar-refractivity contribution in [3.8, 4) is 0 Å². The van der Waals surface area contributed by atoms with Crippen molar-refractivity contribution in [3.63, 3.8) is 0 Å². The van der Waals surface area contributed by atoms with Crippen LogP contribution in [0.25, 0.3) is 0 Å². The van der Waals surface area contributed by atoms with Gasteiger partial charge in [-0.1, -0.05) is 6.07 Å². The summed E-state index contributed by atoms with van der Waals surface area (Å²) in [6.07, 6.45) is 0. The summed E-state index contributed by atoms with van der Waals surface area (Å²) in [5.74, 6) is -1.12. The SMILES string of the molecule is COCC(C)(O)CNC(=O)c1ccc(C)cc1F. The van der Waals surface area contributed by atoms with Crippen LogP contribution in [0.15, 0.2) is 18.2 Å². The number of benzene rings is 1. The molecule has 5 heteroatoms. The molecule has 0 fully saturated rings. The molecule has 1 atom stereocenters. The summed E-state index contributed by atoms with van der Waals surface area (Å²) in [7, 11) is 1.45. The second-order valence-corrected chi connectivity index (χ2v) is 4.60. The summed E-state index contributed by atoms with van der Waals surface area (Å²) in [6.45, 7) is 3.35. The average Bonchev–Trinajstić information content (AvgIpc) is 2.26. The lowest BCUT2D eigenvalue weighted by Crippen LogP contribution is -2.43. The molecule has 0 spiro atoms. The van der Waals surface area contributed by atoms with Crippen LogP contribution >= 0.6 is 0 Å². The monoisotopic (exact) mass is 255 g/mol. The first kappa shape index (κ1) is 14.6. The summed E-state index contributed by atoms with van der Waals surface area (Å²) < 4.78 is 18.3. The van der Waals surface area contributed by atoms with Crippen molar-refractivity contribution in [1.29, 1.82) is 0 Å². The van der Waals surface area contributed by atoms with Crippen LogP contribution in [0.4, 0.5) is 4.39 Å². The van der Waals surface area contributed by atoms with Gasteiger partial charge in [-0.05, 0) is 31.5 Å². The zero-order valence-corrected chi connectivity index (χ0v) is 10.8. The third-order valence-corrected chi connectivity index (χ3v) is 2.45. The fraction of sp³-hybridized carbons (Fsp3) is 0.462. The van der Waals surface area contributed by atoms with E-state index in [9.17, 15) is 14.3 Å². The first-order chi connectivity index (χ1) is 8.35. The van der Waals surface area contributed by atoms with E-state index >= 15 is 0 Å². The molecule has 0 aliphatic carbocycles. The van der Waals surface area contributed by atoms with Crippen LogP contribution in [0.2, 0.25) is 0 Å². The maximum absolute atomic E-state index is 13.5. The molecule has 0 saturated carbocycles. The Morgan fingerprint density at radius 1 is 1.56 bits per heavy atom. The summed E-state index contributed by atoms with van der Waals surface area (Å²) in [6, 6.07) is 4.37. The molecule has 1 aromatic carbocycles. The Labute approximate surface area is 106 Å². The van der Waals surface area contributed by atoms with Gasteiger partial charge in [0.25, 0.3) is 5.91 Å². The number of carbonyl (C=O) groups excluding carboxylic acids is 1. The molecule has 4 nitrogen and oxygen atoms in total. The zero-order chi connectivity index (χ0) is 13.8. The Morgan fingerprint density at radius 3 is 2.78 bits per heavy atom. The molecule has 0 aliphatic rings. The minimum absolute atomic E-state index is 0.00695. The van der Waals surface area contributed by atoms with E-state index in [2.05, 4.69) is 5.32 Å². The van der Waals surface area contributed by atoms with E-state index < -0.39 is 17.3 Å². The van der Waals surface area contributed by atoms with Crippen LogP contribution in [0.3, 0.4) is 0 Å². The Kier molecular flexibility index (Phi) is 4.81. The number of nitrogens with one attached hydrogen (secondary N) is 1. The number of ether oxygens (including phenoxy) is 1.